The van der Waals surface area contributed by atoms with Gasteiger partial charge < -0.3 is 4.90 Å². The zero-order valence-corrected chi connectivity index (χ0v) is 11.2. The smallest absolute Gasteiger partial charge is 0.188 e. The molecule has 0 amide bonds. The molecule has 0 spiro atoms. The number of hydrogen-bond donors (Lipinski definition) is 0. The molecule has 1 aromatic rings. The first-order valence-corrected chi connectivity index (χ1v) is 6.03. The average molecular weight is 243 g/mol. The van der Waals surface area contributed by atoms with Gasteiger partial charge in [-0.15, -0.1) is 0 Å². The van der Waals surface area contributed by atoms with Crippen LogP contribution >= 0.6 is 0 Å². The van der Waals surface area contributed by atoms with E-state index in [1.165, 1.54) is 6.07 Å². The minimum absolute atomic E-state index is 0.0864. The van der Waals surface area contributed by atoms with Crippen LogP contribution in [0.4, 0.5) is 0 Å². The predicted molar refractivity (Wildman–Crippen MR) is 72.8 cm³/mol. The Kier molecular flexibility index (Phi) is 3.07. The van der Waals surface area contributed by atoms with Gasteiger partial charge in [0.2, 0.25) is 0 Å². The topological polar surface area (TPSA) is 37.4 Å². The van der Waals surface area contributed by atoms with Crippen molar-refractivity contribution in [1.82, 2.24) is 4.90 Å². The number of carbonyl (C=O) groups excluding carboxylic acids is 1. The third-order valence-corrected chi connectivity index (χ3v) is 3.15. The number of rotatable bonds is 2. The maximum atomic E-state index is 11.9. The number of allylic oxidation sites excluding steroid dienone is 1. The van der Waals surface area contributed by atoms with Crippen molar-refractivity contribution in [1.29, 1.82) is 0 Å². The van der Waals surface area contributed by atoms with Gasteiger partial charge in [-0.3, -0.25) is 9.59 Å². The Bertz CT molecular complexity index is 598. The summed E-state index contributed by atoms with van der Waals surface area (Å²) in [6.45, 7) is 4.08. The van der Waals surface area contributed by atoms with E-state index >= 15 is 0 Å². The summed E-state index contributed by atoms with van der Waals surface area (Å²) in [6.07, 6.45) is 1.59. The van der Waals surface area contributed by atoms with E-state index in [1.54, 1.807) is 12.1 Å². The molecule has 0 unspecified atom stereocenters. The second kappa shape index (κ2) is 4.41. The van der Waals surface area contributed by atoms with Crippen molar-refractivity contribution in [3.8, 4) is 0 Å². The van der Waals surface area contributed by atoms with Crippen LogP contribution in [-0.2, 0) is 0 Å². The summed E-state index contributed by atoms with van der Waals surface area (Å²) >= 11 is 0. The van der Waals surface area contributed by atoms with Crippen molar-refractivity contribution in [2.75, 3.05) is 14.1 Å². The van der Waals surface area contributed by atoms with E-state index in [0.29, 0.717) is 5.56 Å². The second-order valence-electron chi connectivity index (χ2n) is 5.11. The predicted octanol–water partition coefficient (Wildman–Crippen LogP) is 2.27. The molecule has 3 heteroatoms. The van der Waals surface area contributed by atoms with Crippen molar-refractivity contribution < 1.29 is 4.79 Å². The highest BCUT2D eigenvalue weighted by Gasteiger charge is 2.22. The molecule has 0 aliphatic heterocycles. The van der Waals surface area contributed by atoms with E-state index in [9.17, 15) is 9.59 Å². The van der Waals surface area contributed by atoms with Gasteiger partial charge in [-0.2, -0.15) is 0 Å². The summed E-state index contributed by atoms with van der Waals surface area (Å²) in [5, 5.41) is 0. The highest BCUT2D eigenvalue weighted by Crippen LogP contribution is 2.29. The van der Waals surface area contributed by atoms with E-state index in [0.717, 1.165) is 16.8 Å². The Morgan fingerprint density at radius 2 is 1.67 bits per heavy atom. The Hall–Kier alpha value is -1.90. The van der Waals surface area contributed by atoms with Crippen molar-refractivity contribution in [3.63, 3.8) is 0 Å². The van der Waals surface area contributed by atoms with E-state index in [2.05, 4.69) is 0 Å². The maximum absolute atomic E-state index is 11.9. The van der Waals surface area contributed by atoms with Crippen LogP contribution in [0.25, 0.3) is 5.70 Å². The highest BCUT2D eigenvalue weighted by molar-refractivity contribution is 6.16. The van der Waals surface area contributed by atoms with Crippen LogP contribution in [0.2, 0.25) is 0 Å². The number of nitrogens with zero attached hydrogens (tertiary/aromatic N) is 1. The first-order chi connectivity index (χ1) is 8.40. The van der Waals surface area contributed by atoms with Crippen molar-refractivity contribution >= 4 is 11.5 Å². The fourth-order valence-corrected chi connectivity index (χ4v) is 2.11. The van der Waals surface area contributed by atoms with E-state index in [4.69, 9.17) is 0 Å². The molecule has 0 heterocycles. The van der Waals surface area contributed by atoms with Gasteiger partial charge in [-0.05, 0) is 29.7 Å². The molecule has 0 saturated carbocycles. The van der Waals surface area contributed by atoms with Gasteiger partial charge in [0.05, 0.1) is 0 Å². The van der Waals surface area contributed by atoms with Crippen LogP contribution in [0.3, 0.4) is 0 Å². The van der Waals surface area contributed by atoms with Crippen LogP contribution in [0, 0.1) is 0 Å². The molecular weight excluding hydrogens is 226 g/mol. The summed E-state index contributed by atoms with van der Waals surface area (Å²) in [5.41, 5.74) is 3.09. The second-order valence-corrected chi connectivity index (χ2v) is 5.11. The lowest BCUT2D eigenvalue weighted by Gasteiger charge is -2.14. The molecule has 1 aliphatic carbocycles. The molecule has 1 aliphatic rings. The Morgan fingerprint density at radius 3 is 2.22 bits per heavy atom. The van der Waals surface area contributed by atoms with Gasteiger partial charge in [0.1, 0.15) is 0 Å². The minimum Gasteiger partial charge on any atom is -0.377 e. The van der Waals surface area contributed by atoms with E-state index in [-0.39, 0.29) is 17.1 Å². The Balaban J connectivity index is 2.75. The number of carbonyl (C=O) groups is 1. The third-order valence-electron chi connectivity index (χ3n) is 3.15. The summed E-state index contributed by atoms with van der Waals surface area (Å²) in [7, 11) is 3.79. The fourth-order valence-electron chi connectivity index (χ4n) is 2.11. The first kappa shape index (κ1) is 12.6. The largest absolute Gasteiger partial charge is 0.377 e. The molecular formula is C15H17NO2. The van der Waals surface area contributed by atoms with Crippen LogP contribution < -0.4 is 5.43 Å². The molecule has 0 bridgehead atoms. The molecule has 0 aromatic heterocycles. The SMILES string of the molecule is CC(C)c1cc2c(cc(=O)c1)C(=O)C=C2N(C)C. The first-order valence-electron chi connectivity index (χ1n) is 6.03. The maximum Gasteiger partial charge on any atom is 0.188 e. The number of hydrogen-bond acceptors (Lipinski definition) is 3. The lowest BCUT2D eigenvalue weighted by atomic mass is 10.0. The normalized spacial score (nSPS) is 13.6. The Labute approximate surface area is 107 Å². The zero-order valence-electron chi connectivity index (χ0n) is 11.2. The minimum atomic E-state index is -0.110. The fraction of sp³-hybridized carbons (Fsp3) is 0.333. The molecule has 0 atom stereocenters. The van der Waals surface area contributed by atoms with Gasteiger partial charge in [0, 0.05) is 37.0 Å². The molecule has 1 aromatic carbocycles. The average Bonchev–Trinajstić information content (AvgIpc) is 2.46. The molecule has 18 heavy (non-hydrogen) atoms. The molecule has 0 N–H and O–H groups in total. The van der Waals surface area contributed by atoms with Gasteiger partial charge in [-0.25, -0.2) is 0 Å². The van der Waals surface area contributed by atoms with Gasteiger partial charge >= 0.3 is 0 Å². The summed E-state index contributed by atoms with van der Waals surface area (Å²) in [6, 6.07) is 5.01. The van der Waals surface area contributed by atoms with Crippen LogP contribution in [0.15, 0.2) is 29.1 Å². The van der Waals surface area contributed by atoms with Crippen molar-refractivity contribution in [2.24, 2.45) is 0 Å². The molecule has 0 saturated heterocycles. The standard InChI is InChI=1S/C15H17NO2/c1-9(2)10-5-11(17)7-13-12(6-10)14(16(3)4)8-15(13)18/h5-9H,1-4H3. The molecule has 94 valence electrons. The lowest BCUT2D eigenvalue weighted by molar-refractivity contribution is 0.104. The summed E-state index contributed by atoms with van der Waals surface area (Å²) in [4.78, 5) is 25.6. The molecule has 2 rings (SSSR count). The van der Waals surface area contributed by atoms with Crippen LogP contribution in [-0.4, -0.2) is 24.8 Å². The zero-order chi connectivity index (χ0) is 13.4. The molecule has 0 fully saturated rings. The summed E-state index contributed by atoms with van der Waals surface area (Å²) < 4.78 is 0. The van der Waals surface area contributed by atoms with Gasteiger partial charge in [0.15, 0.2) is 11.2 Å². The summed E-state index contributed by atoms with van der Waals surface area (Å²) in [5.74, 6) is 0.171. The number of fused-ring (bicyclic) bond motifs is 1. The quantitative estimate of drug-likeness (QED) is 0.799. The van der Waals surface area contributed by atoms with E-state index < -0.39 is 0 Å². The third kappa shape index (κ3) is 2.08. The van der Waals surface area contributed by atoms with Crippen molar-refractivity contribution in [3.05, 3.63) is 51.2 Å². The van der Waals surface area contributed by atoms with Crippen molar-refractivity contribution in [2.45, 2.75) is 19.8 Å². The molecule has 3 nitrogen and oxygen atoms in total. The molecule has 0 radical (unpaired) electrons. The Morgan fingerprint density at radius 1 is 1.00 bits per heavy atom. The van der Waals surface area contributed by atoms with Crippen LogP contribution in [0.1, 0.15) is 41.3 Å². The number of ketones is 1. The van der Waals surface area contributed by atoms with Gasteiger partial charge in [0.25, 0.3) is 0 Å². The highest BCUT2D eigenvalue weighted by atomic mass is 16.1. The van der Waals surface area contributed by atoms with E-state index in [1.807, 2.05) is 38.9 Å². The van der Waals surface area contributed by atoms with Crippen LogP contribution in [0.5, 0.6) is 0 Å². The monoisotopic (exact) mass is 243 g/mol. The van der Waals surface area contributed by atoms with Gasteiger partial charge in [-0.1, -0.05) is 13.8 Å². The lowest BCUT2D eigenvalue weighted by Crippen LogP contribution is -2.08.